The van der Waals surface area contributed by atoms with Gasteiger partial charge in [0.1, 0.15) is 5.01 Å². The van der Waals surface area contributed by atoms with Gasteiger partial charge in [-0.25, -0.2) is 4.98 Å². The Morgan fingerprint density at radius 2 is 2.09 bits per heavy atom. The summed E-state index contributed by atoms with van der Waals surface area (Å²) in [5, 5.41) is 20.6. The van der Waals surface area contributed by atoms with Gasteiger partial charge in [0.2, 0.25) is 0 Å². The molecule has 23 heavy (non-hydrogen) atoms. The van der Waals surface area contributed by atoms with E-state index in [2.05, 4.69) is 28.9 Å². The summed E-state index contributed by atoms with van der Waals surface area (Å²) in [6, 6.07) is 8.33. The van der Waals surface area contributed by atoms with Gasteiger partial charge in [-0.2, -0.15) is 0 Å². The topological polar surface area (TPSA) is 56.6 Å². The molecule has 1 aliphatic heterocycles. The number of rotatable bonds is 4. The van der Waals surface area contributed by atoms with Gasteiger partial charge in [-0.05, 0) is 38.3 Å². The van der Waals surface area contributed by atoms with Crippen LogP contribution in [0.1, 0.15) is 29.7 Å². The Kier molecular flexibility index (Phi) is 5.11. The molecule has 0 saturated carbocycles. The minimum atomic E-state index is -0.894. The lowest BCUT2D eigenvalue weighted by molar-refractivity contribution is -0.0255. The van der Waals surface area contributed by atoms with E-state index < -0.39 is 5.60 Å². The fourth-order valence-corrected chi connectivity index (χ4v) is 4.13. The lowest BCUT2D eigenvalue weighted by atomic mass is 9.96. The maximum atomic E-state index is 10.2. The van der Waals surface area contributed by atoms with Crippen LogP contribution in [0.25, 0.3) is 10.6 Å². The summed E-state index contributed by atoms with van der Waals surface area (Å²) in [6.45, 7) is 4.61. The molecule has 2 heterocycles. The number of nitrogens with zero attached hydrogens (tertiary/aromatic N) is 2. The average molecular weight is 332 g/mol. The minimum Gasteiger partial charge on any atom is -0.393 e. The normalized spacial score (nSPS) is 22.9. The number of aliphatic hydroxyl groups excluding tert-OH is 1. The lowest BCUT2D eigenvalue weighted by Crippen LogP contribution is -2.34. The number of aliphatic hydroxyl groups is 2. The van der Waals surface area contributed by atoms with Crippen LogP contribution < -0.4 is 0 Å². The van der Waals surface area contributed by atoms with Gasteiger partial charge in [0, 0.05) is 29.7 Å². The maximum absolute atomic E-state index is 10.2. The molecule has 3 rings (SSSR count). The van der Waals surface area contributed by atoms with E-state index in [0.717, 1.165) is 31.1 Å². The fourth-order valence-electron chi connectivity index (χ4n) is 3.09. The highest BCUT2D eigenvalue weighted by Gasteiger charge is 2.29. The summed E-state index contributed by atoms with van der Waals surface area (Å²) in [5.74, 6) is 0. The third-order valence-corrected chi connectivity index (χ3v) is 5.63. The lowest BCUT2D eigenvalue weighted by Gasteiger charge is -2.24. The summed E-state index contributed by atoms with van der Waals surface area (Å²) in [5.41, 5.74) is 1.56. The number of hydrogen-bond acceptors (Lipinski definition) is 5. The van der Waals surface area contributed by atoms with Crippen LogP contribution in [-0.4, -0.2) is 45.4 Å². The fraction of sp³-hybridized carbons (Fsp3) is 0.500. The summed E-state index contributed by atoms with van der Waals surface area (Å²) < 4.78 is 0. The predicted octanol–water partition coefficient (Wildman–Crippen LogP) is 2.83. The SMILES string of the molecule is Cc1ccccc1-c1ncc(CN2CCC[C@](O)(CO)CC2)s1. The van der Waals surface area contributed by atoms with Gasteiger partial charge >= 0.3 is 0 Å². The van der Waals surface area contributed by atoms with Crippen molar-refractivity contribution in [3.8, 4) is 10.6 Å². The first-order valence-electron chi connectivity index (χ1n) is 8.16. The van der Waals surface area contributed by atoms with Gasteiger partial charge in [0.25, 0.3) is 0 Å². The van der Waals surface area contributed by atoms with Crippen LogP contribution in [0.15, 0.2) is 30.5 Å². The van der Waals surface area contributed by atoms with Crippen LogP contribution in [0.4, 0.5) is 0 Å². The molecule has 1 saturated heterocycles. The molecular weight excluding hydrogens is 308 g/mol. The summed E-state index contributed by atoms with van der Waals surface area (Å²) in [4.78, 5) is 8.18. The van der Waals surface area contributed by atoms with E-state index in [-0.39, 0.29) is 6.61 Å². The van der Waals surface area contributed by atoms with E-state index in [1.54, 1.807) is 11.3 Å². The highest BCUT2D eigenvalue weighted by Crippen LogP contribution is 2.29. The molecule has 0 spiro atoms. The van der Waals surface area contributed by atoms with Crippen LogP contribution in [0, 0.1) is 6.92 Å². The molecule has 124 valence electrons. The van der Waals surface area contributed by atoms with Crippen molar-refractivity contribution in [2.45, 2.75) is 38.3 Å². The standard InChI is InChI=1S/C18H24N2O2S/c1-14-5-2-3-6-16(14)17-19-11-15(23-17)12-20-9-4-7-18(22,13-21)8-10-20/h2-3,5-6,11,21-22H,4,7-10,12-13H2,1H3/t18-/m1/s1. The van der Waals surface area contributed by atoms with Crippen molar-refractivity contribution >= 4 is 11.3 Å². The van der Waals surface area contributed by atoms with Crippen molar-refractivity contribution in [2.75, 3.05) is 19.7 Å². The molecule has 4 nitrogen and oxygen atoms in total. The quantitative estimate of drug-likeness (QED) is 0.904. The highest BCUT2D eigenvalue weighted by atomic mass is 32.1. The average Bonchev–Trinajstić information content (AvgIpc) is 2.92. The smallest absolute Gasteiger partial charge is 0.123 e. The Hall–Kier alpha value is -1.27. The van der Waals surface area contributed by atoms with Crippen molar-refractivity contribution in [2.24, 2.45) is 0 Å². The third kappa shape index (κ3) is 3.98. The van der Waals surface area contributed by atoms with E-state index in [1.165, 1.54) is 16.0 Å². The molecule has 5 heteroatoms. The predicted molar refractivity (Wildman–Crippen MR) is 93.5 cm³/mol. The first-order valence-corrected chi connectivity index (χ1v) is 8.98. The zero-order chi connectivity index (χ0) is 16.3. The number of aromatic nitrogens is 1. The van der Waals surface area contributed by atoms with Gasteiger partial charge in [-0.15, -0.1) is 11.3 Å². The van der Waals surface area contributed by atoms with Crippen molar-refractivity contribution < 1.29 is 10.2 Å². The third-order valence-electron chi connectivity index (χ3n) is 4.61. The van der Waals surface area contributed by atoms with Crippen molar-refractivity contribution in [3.63, 3.8) is 0 Å². The Morgan fingerprint density at radius 1 is 1.26 bits per heavy atom. The highest BCUT2D eigenvalue weighted by molar-refractivity contribution is 7.15. The van der Waals surface area contributed by atoms with Gasteiger partial charge < -0.3 is 10.2 Å². The number of thiazole rings is 1. The second kappa shape index (κ2) is 7.09. The second-order valence-electron chi connectivity index (χ2n) is 6.46. The van der Waals surface area contributed by atoms with Gasteiger partial charge in [-0.3, -0.25) is 4.90 Å². The Balaban J connectivity index is 1.67. The molecule has 0 aliphatic carbocycles. The van der Waals surface area contributed by atoms with E-state index in [4.69, 9.17) is 0 Å². The van der Waals surface area contributed by atoms with Crippen LogP contribution in [0.2, 0.25) is 0 Å². The van der Waals surface area contributed by atoms with Crippen LogP contribution in [0.5, 0.6) is 0 Å². The zero-order valence-corrected chi connectivity index (χ0v) is 14.4. The largest absolute Gasteiger partial charge is 0.393 e. The summed E-state index contributed by atoms with van der Waals surface area (Å²) in [6.07, 6.45) is 4.19. The van der Waals surface area contributed by atoms with Crippen LogP contribution >= 0.6 is 11.3 Å². The molecule has 1 aliphatic rings. The Bertz CT molecular complexity index is 658. The first kappa shape index (κ1) is 16.6. The van der Waals surface area contributed by atoms with E-state index >= 15 is 0 Å². The molecule has 0 bridgehead atoms. The summed E-state index contributed by atoms with van der Waals surface area (Å²) >= 11 is 1.74. The Labute approximate surface area is 141 Å². The van der Waals surface area contributed by atoms with Crippen molar-refractivity contribution in [1.82, 2.24) is 9.88 Å². The molecule has 0 radical (unpaired) electrons. The van der Waals surface area contributed by atoms with E-state index in [1.807, 2.05) is 18.3 Å². The second-order valence-corrected chi connectivity index (χ2v) is 7.57. The molecule has 1 aromatic carbocycles. The van der Waals surface area contributed by atoms with Crippen molar-refractivity contribution in [1.29, 1.82) is 0 Å². The van der Waals surface area contributed by atoms with Crippen molar-refractivity contribution in [3.05, 3.63) is 40.9 Å². The number of hydrogen-bond donors (Lipinski definition) is 2. The van der Waals surface area contributed by atoms with Gasteiger partial charge in [0.05, 0.1) is 12.2 Å². The van der Waals surface area contributed by atoms with E-state index in [0.29, 0.717) is 12.8 Å². The molecule has 2 aromatic rings. The van der Waals surface area contributed by atoms with Gasteiger partial charge in [-0.1, -0.05) is 24.3 Å². The molecule has 1 fully saturated rings. The Morgan fingerprint density at radius 3 is 2.87 bits per heavy atom. The number of likely N-dealkylation sites (tertiary alicyclic amines) is 1. The molecular formula is C18H24N2O2S. The minimum absolute atomic E-state index is 0.140. The molecule has 0 unspecified atom stereocenters. The first-order chi connectivity index (χ1) is 11.1. The molecule has 1 aromatic heterocycles. The summed E-state index contributed by atoms with van der Waals surface area (Å²) in [7, 11) is 0. The molecule has 0 amide bonds. The number of benzene rings is 1. The van der Waals surface area contributed by atoms with E-state index in [9.17, 15) is 10.2 Å². The number of aryl methyl sites for hydroxylation is 1. The monoisotopic (exact) mass is 332 g/mol. The maximum Gasteiger partial charge on any atom is 0.123 e. The van der Waals surface area contributed by atoms with Crippen LogP contribution in [-0.2, 0) is 6.54 Å². The van der Waals surface area contributed by atoms with Gasteiger partial charge in [0.15, 0.2) is 0 Å². The van der Waals surface area contributed by atoms with Crippen LogP contribution in [0.3, 0.4) is 0 Å². The molecule has 1 atom stereocenters. The molecule has 2 N–H and O–H groups in total. The zero-order valence-electron chi connectivity index (χ0n) is 13.5.